The first-order valence-electron chi connectivity index (χ1n) is 6.27. The van der Waals surface area contributed by atoms with Crippen LogP contribution in [0.2, 0.25) is 0 Å². The fourth-order valence-corrected chi connectivity index (χ4v) is 3.79. The summed E-state index contributed by atoms with van der Waals surface area (Å²) in [4.78, 5) is 15.9. The molecule has 0 radical (unpaired) electrons. The van der Waals surface area contributed by atoms with Gasteiger partial charge in [-0.15, -0.1) is 11.3 Å². The zero-order valence-corrected chi connectivity index (χ0v) is 13.0. The summed E-state index contributed by atoms with van der Waals surface area (Å²) in [7, 11) is -1.41. The highest BCUT2D eigenvalue weighted by atomic mass is 32.2. The molecule has 1 unspecified atom stereocenters. The topological polar surface area (TPSA) is 85.1 Å². The lowest BCUT2D eigenvalue weighted by Gasteiger charge is -2.06. The predicted molar refractivity (Wildman–Crippen MR) is 83.2 cm³/mol. The van der Waals surface area contributed by atoms with E-state index in [0.29, 0.717) is 22.5 Å². The molecule has 0 bridgehead atoms. The molecule has 2 rings (SSSR count). The summed E-state index contributed by atoms with van der Waals surface area (Å²) in [6.07, 6.45) is 0. The normalized spacial score (nSPS) is 12.8. The highest BCUT2D eigenvalue weighted by molar-refractivity contribution is 7.88. The van der Waals surface area contributed by atoms with Crippen molar-refractivity contribution in [2.75, 3.05) is 18.0 Å². The van der Waals surface area contributed by atoms with Gasteiger partial charge in [0.1, 0.15) is 5.75 Å². The summed E-state index contributed by atoms with van der Waals surface area (Å²) >= 11 is 1.31. The third-order valence-electron chi connectivity index (χ3n) is 2.56. The second kappa shape index (κ2) is 6.32. The van der Waals surface area contributed by atoms with Crippen LogP contribution in [0, 0.1) is 5.92 Å². The molecule has 108 valence electrons. The lowest BCUT2D eigenvalue weighted by atomic mass is 10.2. The molecule has 0 aliphatic rings. The van der Waals surface area contributed by atoms with Crippen LogP contribution in [-0.4, -0.2) is 27.4 Å². The average molecular weight is 311 g/mol. The first-order chi connectivity index (χ1) is 9.45. The molecule has 7 heteroatoms. The number of nitrogens with zero attached hydrogens (tertiary/aromatic N) is 1. The van der Waals surface area contributed by atoms with E-state index in [1.54, 1.807) is 18.2 Å². The number of nitrogens with two attached hydrogens (primary N) is 1. The third-order valence-corrected chi connectivity index (χ3v) is 5.18. The minimum absolute atomic E-state index is 0.0535. The van der Waals surface area contributed by atoms with E-state index in [4.69, 9.17) is 5.73 Å². The molecule has 0 aliphatic carbocycles. The standard InChI is InChI=1S/C13H17N3O2S2/c1-8(2)6-15-12(17)7-20(18)13-16-10-4-3-9(14)5-11(10)19-13/h3-5,8H,6-7,14H2,1-2H3,(H,15,17). The van der Waals surface area contributed by atoms with Crippen LogP contribution in [0.3, 0.4) is 0 Å². The molecular formula is C13H17N3O2S2. The monoisotopic (exact) mass is 311 g/mol. The number of nitrogens with one attached hydrogen (secondary N) is 1. The largest absolute Gasteiger partial charge is 0.399 e. The van der Waals surface area contributed by atoms with E-state index in [0.717, 1.165) is 10.2 Å². The van der Waals surface area contributed by atoms with Gasteiger partial charge in [-0.25, -0.2) is 4.98 Å². The molecule has 2 aromatic rings. The summed E-state index contributed by atoms with van der Waals surface area (Å²) in [6, 6.07) is 5.34. The van der Waals surface area contributed by atoms with Gasteiger partial charge in [-0.05, 0) is 24.1 Å². The number of carbonyl (C=O) groups excluding carboxylic acids is 1. The fourth-order valence-electron chi connectivity index (χ4n) is 1.57. The molecule has 1 aromatic heterocycles. The minimum atomic E-state index is -1.41. The van der Waals surface area contributed by atoms with Gasteiger partial charge in [-0.2, -0.15) is 0 Å². The summed E-state index contributed by atoms with van der Waals surface area (Å²) in [6.45, 7) is 4.61. The highest BCUT2D eigenvalue weighted by Gasteiger charge is 2.15. The van der Waals surface area contributed by atoms with Gasteiger partial charge in [0.25, 0.3) is 0 Å². The number of hydrogen-bond donors (Lipinski definition) is 2. The van der Waals surface area contributed by atoms with Gasteiger partial charge in [0, 0.05) is 12.2 Å². The van der Waals surface area contributed by atoms with Crippen molar-refractivity contribution in [1.82, 2.24) is 10.3 Å². The Balaban J connectivity index is 2.05. The number of nitrogen functional groups attached to an aromatic ring is 1. The molecule has 1 aromatic carbocycles. The van der Waals surface area contributed by atoms with Gasteiger partial charge in [-0.3, -0.25) is 9.00 Å². The van der Waals surface area contributed by atoms with Crippen molar-refractivity contribution in [2.45, 2.75) is 18.2 Å². The fraction of sp³-hybridized carbons (Fsp3) is 0.385. The van der Waals surface area contributed by atoms with E-state index in [1.165, 1.54) is 11.3 Å². The van der Waals surface area contributed by atoms with Crippen molar-refractivity contribution in [3.8, 4) is 0 Å². The molecule has 5 nitrogen and oxygen atoms in total. The Kier molecular flexibility index (Phi) is 4.72. The zero-order chi connectivity index (χ0) is 14.7. The van der Waals surface area contributed by atoms with Gasteiger partial charge in [-0.1, -0.05) is 13.8 Å². The quantitative estimate of drug-likeness (QED) is 0.824. The SMILES string of the molecule is CC(C)CNC(=O)CS(=O)c1nc2ccc(N)cc2s1. The van der Waals surface area contributed by atoms with Crippen LogP contribution in [0.4, 0.5) is 5.69 Å². The van der Waals surface area contributed by atoms with Gasteiger partial charge in [0.15, 0.2) is 4.34 Å². The molecular weight excluding hydrogens is 294 g/mol. The van der Waals surface area contributed by atoms with E-state index < -0.39 is 10.8 Å². The first-order valence-corrected chi connectivity index (χ1v) is 8.40. The lowest BCUT2D eigenvalue weighted by Crippen LogP contribution is -2.31. The van der Waals surface area contributed by atoms with Crippen LogP contribution in [0.15, 0.2) is 22.5 Å². The van der Waals surface area contributed by atoms with Gasteiger partial charge >= 0.3 is 0 Å². The summed E-state index contributed by atoms with van der Waals surface area (Å²) < 4.78 is 13.5. The number of thiazole rings is 1. The maximum absolute atomic E-state index is 12.1. The molecule has 1 atom stereocenters. The summed E-state index contributed by atoms with van der Waals surface area (Å²) in [5.41, 5.74) is 7.10. The van der Waals surface area contributed by atoms with Crippen LogP contribution in [-0.2, 0) is 15.6 Å². The Morgan fingerprint density at radius 3 is 2.95 bits per heavy atom. The van der Waals surface area contributed by atoms with Crippen molar-refractivity contribution >= 4 is 43.9 Å². The Morgan fingerprint density at radius 2 is 2.25 bits per heavy atom. The van der Waals surface area contributed by atoms with E-state index in [9.17, 15) is 9.00 Å². The maximum Gasteiger partial charge on any atom is 0.233 e. The van der Waals surface area contributed by atoms with Crippen molar-refractivity contribution in [1.29, 1.82) is 0 Å². The molecule has 0 aliphatic heterocycles. The molecule has 0 fully saturated rings. The number of aromatic nitrogens is 1. The van der Waals surface area contributed by atoms with Gasteiger partial charge in [0.05, 0.1) is 21.0 Å². The molecule has 0 spiro atoms. The van der Waals surface area contributed by atoms with Crippen molar-refractivity contribution in [3.05, 3.63) is 18.2 Å². The van der Waals surface area contributed by atoms with Gasteiger partial charge in [0.2, 0.25) is 5.91 Å². The van der Waals surface area contributed by atoms with Crippen molar-refractivity contribution < 1.29 is 9.00 Å². The Morgan fingerprint density at radius 1 is 1.50 bits per heavy atom. The minimum Gasteiger partial charge on any atom is -0.399 e. The van der Waals surface area contributed by atoms with Crippen LogP contribution in [0.25, 0.3) is 10.2 Å². The average Bonchev–Trinajstić information content (AvgIpc) is 2.79. The van der Waals surface area contributed by atoms with E-state index in [2.05, 4.69) is 10.3 Å². The number of fused-ring (bicyclic) bond motifs is 1. The second-order valence-electron chi connectivity index (χ2n) is 4.89. The van der Waals surface area contributed by atoms with E-state index in [-0.39, 0.29) is 11.7 Å². The van der Waals surface area contributed by atoms with Crippen LogP contribution < -0.4 is 11.1 Å². The van der Waals surface area contributed by atoms with E-state index in [1.807, 2.05) is 13.8 Å². The summed E-state index contributed by atoms with van der Waals surface area (Å²) in [5.74, 6) is 0.107. The zero-order valence-electron chi connectivity index (χ0n) is 11.4. The van der Waals surface area contributed by atoms with Gasteiger partial charge < -0.3 is 11.1 Å². The highest BCUT2D eigenvalue weighted by Crippen LogP contribution is 2.26. The van der Waals surface area contributed by atoms with Crippen LogP contribution in [0.1, 0.15) is 13.8 Å². The molecule has 0 saturated carbocycles. The first kappa shape index (κ1) is 14.9. The number of amides is 1. The molecule has 3 N–H and O–H groups in total. The molecule has 1 amide bonds. The third kappa shape index (κ3) is 3.77. The van der Waals surface area contributed by atoms with Crippen LogP contribution in [0.5, 0.6) is 0 Å². The Labute approximate surface area is 124 Å². The number of rotatable bonds is 5. The van der Waals surface area contributed by atoms with Crippen molar-refractivity contribution in [2.24, 2.45) is 5.92 Å². The smallest absolute Gasteiger partial charge is 0.233 e. The number of hydrogen-bond acceptors (Lipinski definition) is 5. The Bertz CT molecular complexity index is 652. The lowest BCUT2D eigenvalue weighted by molar-refractivity contribution is -0.118. The number of anilines is 1. The molecule has 20 heavy (non-hydrogen) atoms. The molecule has 0 saturated heterocycles. The second-order valence-corrected chi connectivity index (χ2v) is 7.55. The van der Waals surface area contributed by atoms with Crippen LogP contribution >= 0.6 is 11.3 Å². The number of benzene rings is 1. The summed E-state index contributed by atoms with van der Waals surface area (Å²) in [5, 5.41) is 2.75. The maximum atomic E-state index is 12.1. The molecule has 1 heterocycles. The number of carbonyl (C=O) groups is 1. The van der Waals surface area contributed by atoms with E-state index >= 15 is 0 Å². The van der Waals surface area contributed by atoms with Crippen molar-refractivity contribution in [3.63, 3.8) is 0 Å². The predicted octanol–water partition coefficient (Wildman–Crippen LogP) is 1.76. The Hall–Kier alpha value is -1.47.